The summed E-state index contributed by atoms with van der Waals surface area (Å²) in [7, 11) is -5.13. The highest BCUT2D eigenvalue weighted by molar-refractivity contribution is 6.85. The van der Waals surface area contributed by atoms with E-state index in [0.29, 0.717) is 0 Å². The molecule has 23 heavy (non-hydrogen) atoms. The number of hydrogen-bond acceptors (Lipinski definition) is 2. The normalized spacial score (nSPS) is 13.6. The van der Waals surface area contributed by atoms with Crippen LogP contribution < -0.4 is 0 Å². The minimum absolute atomic E-state index is 1.24. The summed E-state index contributed by atoms with van der Waals surface area (Å²) in [5.74, 6) is 0. The molecule has 0 amide bonds. The predicted octanol–water partition coefficient (Wildman–Crippen LogP) is 7.30. The molecule has 0 N–H and O–H groups in total. The van der Waals surface area contributed by atoms with Crippen molar-refractivity contribution in [1.82, 2.24) is 0 Å². The smallest absolute Gasteiger partial charge is 0.173 e. The zero-order valence-electron chi connectivity index (χ0n) is 18.4. The summed E-state index contributed by atoms with van der Waals surface area (Å²) in [6, 6.07) is 3.86. The van der Waals surface area contributed by atoms with Gasteiger partial charge in [0, 0.05) is 0 Å². The lowest BCUT2D eigenvalue weighted by molar-refractivity contribution is 0.538. The molecule has 0 aromatic rings. The molecule has 0 aliphatic rings. The number of rotatable bonds is 9. The van der Waals surface area contributed by atoms with Gasteiger partial charge >= 0.3 is 0 Å². The zero-order valence-corrected chi connectivity index (χ0v) is 22.4. The Kier molecular flexibility index (Phi) is 12.1. The van der Waals surface area contributed by atoms with Gasteiger partial charge in [-0.3, -0.25) is 0 Å². The molecule has 0 rings (SSSR count). The van der Waals surface area contributed by atoms with Gasteiger partial charge in [0.1, 0.15) is 0 Å². The van der Waals surface area contributed by atoms with E-state index in [2.05, 4.69) is 79.7 Å². The maximum absolute atomic E-state index is 6.29. The van der Waals surface area contributed by atoms with E-state index in [1.54, 1.807) is 0 Å². The van der Waals surface area contributed by atoms with Crippen molar-refractivity contribution in [3.8, 4) is 0 Å². The molecule has 2 nitrogen and oxygen atoms in total. The van der Waals surface area contributed by atoms with E-state index in [1.165, 1.54) is 31.0 Å². The average Bonchev–Trinajstić information content (AvgIpc) is 2.24. The monoisotopic (exact) mass is 394 g/mol. The van der Waals surface area contributed by atoms with Crippen LogP contribution in [0.5, 0.6) is 0 Å². The summed E-state index contributed by atoms with van der Waals surface area (Å²) < 4.78 is 12.4. The molecule has 0 bridgehead atoms. The molecule has 0 fully saturated rings. The average molecular weight is 395 g/mol. The summed E-state index contributed by atoms with van der Waals surface area (Å²) in [5, 5.41) is 0. The second-order valence-electron chi connectivity index (χ2n) is 9.45. The first-order valence-corrected chi connectivity index (χ1v) is 22.3. The highest BCUT2D eigenvalue weighted by atomic mass is 28.4. The third kappa shape index (κ3) is 17.4. The summed E-state index contributed by atoms with van der Waals surface area (Å²) in [6.07, 6.45) is 2.54. The Morgan fingerprint density at radius 1 is 0.522 bits per heavy atom. The molecule has 0 aromatic carbocycles. The van der Waals surface area contributed by atoms with Crippen LogP contribution in [-0.2, 0) is 8.23 Å². The molecule has 0 heterocycles. The third-order valence-corrected chi connectivity index (χ3v) is 17.9. The first kappa shape index (κ1) is 26.0. The lowest BCUT2D eigenvalue weighted by atomic mass is 10.6. The van der Waals surface area contributed by atoms with Crippen molar-refractivity contribution in [2.45, 2.75) is 111 Å². The Morgan fingerprint density at radius 2 is 0.870 bits per heavy atom. The van der Waals surface area contributed by atoms with E-state index in [1.807, 2.05) is 0 Å². The topological polar surface area (TPSA) is 18.5 Å². The fourth-order valence-electron chi connectivity index (χ4n) is 2.96. The summed E-state index contributed by atoms with van der Waals surface area (Å²) in [5.41, 5.74) is 0. The van der Waals surface area contributed by atoms with Gasteiger partial charge in [-0.05, 0) is 77.1 Å². The van der Waals surface area contributed by atoms with Crippen molar-refractivity contribution >= 4 is 33.3 Å². The van der Waals surface area contributed by atoms with E-state index in [0.717, 1.165) is 0 Å². The largest absolute Gasteiger partial charge is 0.456 e. The molecule has 0 aliphatic heterocycles. The van der Waals surface area contributed by atoms with Crippen molar-refractivity contribution < 1.29 is 8.23 Å². The highest BCUT2D eigenvalue weighted by Gasteiger charge is 2.30. The Hall–Kier alpha value is 0.788. The number of hydrogen-bond donors (Lipinski definition) is 0. The molecule has 0 aliphatic carbocycles. The van der Waals surface area contributed by atoms with Gasteiger partial charge in [-0.25, -0.2) is 0 Å². The summed E-state index contributed by atoms with van der Waals surface area (Å²) in [6.45, 7) is 27.6. The van der Waals surface area contributed by atoms with E-state index in [-0.39, 0.29) is 0 Å². The Bertz CT molecular complexity index is 310. The molecule has 0 saturated heterocycles. The van der Waals surface area contributed by atoms with Crippen LogP contribution in [0.2, 0.25) is 77.1 Å². The second-order valence-corrected chi connectivity index (χ2v) is 27.6. The minimum atomic E-state index is -1.30. The summed E-state index contributed by atoms with van der Waals surface area (Å²) >= 11 is 0. The second kappa shape index (κ2) is 10.7. The summed E-state index contributed by atoms with van der Waals surface area (Å²) in [4.78, 5) is 0. The molecule has 0 atom stereocenters. The van der Waals surface area contributed by atoms with Crippen LogP contribution in [0.25, 0.3) is 0 Å². The SMILES string of the molecule is CCC[Si](C)(C)O[Si](C)(C)C.CCC[Si](C)(C)O[Si](C)(C)CC. The van der Waals surface area contributed by atoms with Gasteiger partial charge in [0.15, 0.2) is 33.3 Å². The van der Waals surface area contributed by atoms with E-state index >= 15 is 0 Å². The first-order chi connectivity index (χ1) is 10.1. The van der Waals surface area contributed by atoms with Crippen LogP contribution in [0.1, 0.15) is 33.6 Å². The Morgan fingerprint density at radius 3 is 1.13 bits per heavy atom. The molecule has 0 spiro atoms. The van der Waals surface area contributed by atoms with Crippen LogP contribution in [-0.4, -0.2) is 33.3 Å². The van der Waals surface area contributed by atoms with Crippen LogP contribution in [0.15, 0.2) is 0 Å². The van der Waals surface area contributed by atoms with Crippen LogP contribution >= 0.6 is 0 Å². The van der Waals surface area contributed by atoms with Gasteiger partial charge < -0.3 is 8.23 Å². The standard InChI is InChI=1S/C9H24OSi2.C8H22OSi2/c1-7-9-12(5,6)10-11(3,4)8-2;1-7-8-11(5,6)9-10(2,3)4/h7-9H2,1-6H3;7-8H2,1-6H3. The molecule has 0 aromatic heterocycles. The Labute approximate surface area is 152 Å². The predicted molar refractivity (Wildman–Crippen MR) is 119 cm³/mol. The van der Waals surface area contributed by atoms with Crippen molar-refractivity contribution in [3.63, 3.8) is 0 Å². The molecular formula is C17H46O2Si4. The fraction of sp³-hybridized carbons (Fsp3) is 1.00. The van der Waals surface area contributed by atoms with Crippen molar-refractivity contribution in [1.29, 1.82) is 0 Å². The minimum Gasteiger partial charge on any atom is -0.456 e. The maximum atomic E-state index is 6.29. The van der Waals surface area contributed by atoms with Gasteiger partial charge in [-0.2, -0.15) is 0 Å². The molecule has 0 radical (unpaired) electrons. The van der Waals surface area contributed by atoms with Gasteiger partial charge in [0.2, 0.25) is 0 Å². The zero-order chi connectivity index (χ0) is 18.9. The van der Waals surface area contributed by atoms with Crippen LogP contribution in [0.3, 0.4) is 0 Å². The fourth-order valence-corrected chi connectivity index (χ4v) is 19.4. The Balaban J connectivity index is 0. The van der Waals surface area contributed by atoms with Gasteiger partial charge in [0.05, 0.1) is 0 Å². The highest BCUT2D eigenvalue weighted by Crippen LogP contribution is 2.22. The molecule has 0 saturated carbocycles. The van der Waals surface area contributed by atoms with Crippen molar-refractivity contribution in [2.24, 2.45) is 0 Å². The van der Waals surface area contributed by atoms with Crippen molar-refractivity contribution in [2.75, 3.05) is 0 Å². The lowest BCUT2D eigenvalue weighted by Gasteiger charge is -2.33. The van der Waals surface area contributed by atoms with Crippen LogP contribution in [0, 0.1) is 0 Å². The van der Waals surface area contributed by atoms with Crippen LogP contribution in [0.4, 0.5) is 0 Å². The maximum Gasteiger partial charge on any atom is 0.173 e. The van der Waals surface area contributed by atoms with Gasteiger partial charge in [0.25, 0.3) is 0 Å². The van der Waals surface area contributed by atoms with Crippen molar-refractivity contribution in [3.05, 3.63) is 0 Å². The molecule has 142 valence electrons. The van der Waals surface area contributed by atoms with E-state index in [9.17, 15) is 0 Å². The molecule has 6 heteroatoms. The van der Waals surface area contributed by atoms with E-state index in [4.69, 9.17) is 8.23 Å². The van der Waals surface area contributed by atoms with Gasteiger partial charge in [-0.1, -0.05) is 33.6 Å². The van der Waals surface area contributed by atoms with Gasteiger partial charge in [-0.15, -0.1) is 0 Å². The lowest BCUT2D eigenvalue weighted by Crippen LogP contribution is -2.43. The molecular weight excluding hydrogens is 349 g/mol. The molecule has 0 unspecified atom stereocenters. The third-order valence-electron chi connectivity index (χ3n) is 3.69. The quantitative estimate of drug-likeness (QED) is 0.382. The first-order valence-electron chi connectivity index (χ1n) is 9.50. The van der Waals surface area contributed by atoms with E-state index < -0.39 is 33.3 Å².